The number of methoxy groups -OCH3 is 1. The van der Waals surface area contributed by atoms with Crippen LogP contribution in [0.3, 0.4) is 0 Å². The quantitative estimate of drug-likeness (QED) is 0.639. The first-order chi connectivity index (χ1) is 13.5. The largest absolute Gasteiger partial charge is 0.497 e. The lowest BCUT2D eigenvalue weighted by Crippen LogP contribution is -2.48. The molecule has 5 nitrogen and oxygen atoms in total. The molecule has 0 aliphatic carbocycles. The third kappa shape index (κ3) is 6.41. The van der Waals surface area contributed by atoms with E-state index in [4.69, 9.17) is 4.74 Å². The van der Waals surface area contributed by atoms with Gasteiger partial charge in [0.25, 0.3) is 0 Å². The highest BCUT2D eigenvalue weighted by Gasteiger charge is 2.26. The molecule has 0 unspecified atom stereocenters. The normalized spacial score (nSPS) is 11.5. The number of nitrogens with zero attached hydrogens (tertiary/aromatic N) is 1. The van der Waals surface area contributed by atoms with Crippen LogP contribution >= 0.6 is 0 Å². The van der Waals surface area contributed by atoms with Crippen molar-refractivity contribution >= 4 is 11.8 Å². The molecule has 2 aromatic carbocycles. The van der Waals surface area contributed by atoms with Gasteiger partial charge in [0.2, 0.25) is 11.8 Å². The Kier molecular flexibility index (Phi) is 8.53. The Hall–Kier alpha value is -2.82. The van der Waals surface area contributed by atoms with Gasteiger partial charge in [0.1, 0.15) is 11.8 Å². The van der Waals surface area contributed by atoms with Gasteiger partial charge in [-0.2, -0.15) is 0 Å². The molecule has 5 heteroatoms. The number of unbranched alkanes of at least 4 members (excludes halogenated alkanes) is 1. The fourth-order valence-electron chi connectivity index (χ4n) is 2.92. The van der Waals surface area contributed by atoms with Gasteiger partial charge in [0.15, 0.2) is 0 Å². The zero-order chi connectivity index (χ0) is 20.4. The first-order valence-corrected chi connectivity index (χ1v) is 9.79. The fraction of sp³-hybridized carbons (Fsp3) is 0.391. The number of hydrogen-bond acceptors (Lipinski definition) is 3. The van der Waals surface area contributed by atoms with Crippen molar-refractivity contribution in [2.45, 2.75) is 45.7 Å². The number of hydrogen-bond donors (Lipinski definition) is 1. The smallest absolute Gasteiger partial charge is 0.242 e. The second-order valence-electron chi connectivity index (χ2n) is 6.85. The van der Waals surface area contributed by atoms with Gasteiger partial charge in [-0.15, -0.1) is 0 Å². The van der Waals surface area contributed by atoms with Gasteiger partial charge in [0.05, 0.1) is 13.5 Å². The molecule has 2 aromatic rings. The van der Waals surface area contributed by atoms with Gasteiger partial charge in [-0.05, 0) is 36.6 Å². The average Bonchev–Trinajstić information content (AvgIpc) is 2.72. The molecule has 1 atom stereocenters. The second-order valence-corrected chi connectivity index (χ2v) is 6.85. The lowest BCUT2D eigenvalue weighted by Gasteiger charge is -2.29. The van der Waals surface area contributed by atoms with Crippen molar-refractivity contribution in [2.75, 3.05) is 13.7 Å². The van der Waals surface area contributed by atoms with Crippen LogP contribution in [-0.2, 0) is 22.6 Å². The van der Waals surface area contributed by atoms with Crippen LogP contribution in [0.15, 0.2) is 54.6 Å². The van der Waals surface area contributed by atoms with E-state index in [1.54, 1.807) is 18.9 Å². The molecule has 0 aliphatic heterocycles. The molecule has 0 saturated heterocycles. The lowest BCUT2D eigenvalue weighted by molar-refractivity contribution is -0.140. The minimum absolute atomic E-state index is 0.0693. The number of nitrogens with one attached hydrogen (secondary N) is 1. The van der Waals surface area contributed by atoms with E-state index >= 15 is 0 Å². The van der Waals surface area contributed by atoms with Crippen LogP contribution in [0.5, 0.6) is 5.75 Å². The van der Waals surface area contributed by atoms with Crippen LogP contribution in [-0.4, -0.2) is 36.4 Å². The van der Waals surface area contributed by atoms with Crippen LogP contribution in [0.25, 0.3) is 0 Å². The summed E-state index contributed by atoms with van der Waals surface area (Å²) in [6.45, 7) is 4.86. The topological polar surface area (TPSA) is 58.6 Å². The summed E-state index contributed by atoms with van der Waals surface area (Å²) in [5.41, 5.74) is 1.89. The van der Waals surface area contributed by atoms with Crippen LogP contribution in [0, 0.1) is 0 Å². The van der Waals surface area contributed by atoms with Gasteiger partial charge in [-0.25, -0.2) is 0 Å². The molecule has 150 valence electrons. The van der Waals surface area contributed by atoms with Gasteiger partial charge in [0, 0.05) is 13.1 Å². The Labute approximate surface area is 167 Å². The van der Waals surface area contributed by atoms with Crippen molar-refractivity contribution in [3.05, 3.63) is 65.7 Å². The van der Waals surface area contributed by atoms with Gasteiger partial charge < -0.3 is 15.0 Å². The van der Waals surface area contributed by atoms with E-state index in [-0.39, 0.29) is 18.2 Å². The number of ether oxygens (including phenoxy) is 1. The minimum atomic E-state index is -0.546. The van der Waals surface area contributed by atoms with E-state index in [1.165, 1.54) is 0 Å². The molecule has 0 aliphatic rings. The van der Waals surface area contributed by atoms with E-state index in [0.717, 1.165) is 29.7 Å². The van der Waals surface area contributed by atoms with E-state index in [2.05, 4.69) is 12.2 Å². The van der Waals surface area contributed by atoms with Crippen molar-refractivity contribution in [1.82, 2.24) is 10.2 Å². The number of rotatable bonds is 10. The molecule has 0 fully saturated rings. The summed E-state index contributed by atoms with van der Waals surface area (Å²) in [6, 6.07) is 16.6. The SMILES string of the molecule is CCCCNC(=O)[C@H](C)N(Cc1ccc(OC)cc1)C(=O)Cc1ccccc1. The van der Waals surface area contributed by atoms with Gasteiger partial charge in [-0.3, -0.25) is 9.59 Å². The predicted molar refractivity (Wildman–Crippen MR) is 111 cm³/mol. The Morgan fingerprint density at radius 3 is 2.32 bits per heavy atom. The minimum Gasteiger partial charge on any atom is -0.497 e. The maximum Gasteiger partial charge on any atom is 0.242 e. The maximum absolute atomic E-state index is 13.0. The summed E-state index contributed by atoms with van der Waals surface area (Å²) >= 11 is 0. The highest BCUT2D eigenvalue weighted by atomic mass is 16.5. The third-order valence-corrected chi connectivity index (χ3v) is 4.71. The van der Waals surface area contributed by atoms with Crippen molar-refractivity contribution in [3.8, 4) is 5.75 Å². The molecule has 0 heterocycles. The highest BCUT2D eigenvalue weighted by Crippen LogP contribution is 2.16. The summed E-state index contributed by atoms with van der Waals surface area (Å²) in [5, 5.41) is 2.93. The number of carbonyl (C=O) groups is 2. The Balaban J connectivity index is 2.15. The standard InChI is InChI=1S/C23H30N2O3/c1-4-5-15-24-23(27)18(2)25(17-20-11-13-21(28-3)14-12-20)22(26)16-19-9-7-6-8-10-19/h6-14,18H,4-5,15-17H2,1-3H3,(H,24,27)/t18-/m0/s1. The lowest BCUT2D eigenvalue weighted by atomic mass is 10.1. The Morgan fingerprint density at radius 1 is 1.04 bits per heavy atom. The summed E-state index contributed by atoms with van der Waals surface area (Å²) < 4.78 is 5.20. The first kappa shape index (κ1) is 21.5. The van der Waals surface area contributed by atoms with Gasteiger partial charge in [-0.1, -0.05) is 55.8 Å². The van der Waals surface area contributed by atoms with Crippen LogP contribution in [0.2, 0.25) is 0 Å². The molecule has 0 radical (unpaired) electrons. The highest BCUT2D eigenvalue weighted by molar-refractivity contribution is 5.88. The van der Waals surface area contributed by atoms with E-state index in [9.17, 15) is 9.59 Å². The van der Waals surface area contributed by atoms with Crippen LogP contribution in [0.4, 0.5) is 0 Å². The summed E-state index contributed by atoms with van der Waals surface area (Å²) in [7, 11) is 1.62. The van der Waals surface area contributed by atoms with Crippen molar-refractivity contribution in [1.29, 1.82) is 0 Å². The molecule has 0 saturated carbocycles. The summed E-state index contributed by atoms with van der Waals surface area (Å²) in [5.74, 6) is 0.569. The predicted octanol–water partition coefficient (Wildman–Crippen LogP) is 3.57. The second kappa shape index (κ2) is 11.1. The molecule has 1 N–H and O–H groups in total. The monoisotopic (exact) mass is 382 g/mol. The molecular weight excluding hydrogens is 352 g/mol. The average molecular weight is 383 g/mol. The third-order valence-electron chi connectivity index (χ3n) is 4.71. The van der Waals surface area contributed by atoms with Crippen molar-refractivity contribution in [2.24, 2.45) is 0 Å². The van der Waals surface area contributed by atoms with Crippen LogP contribution < -0.4 is 10.1 Å². The molecular formula is C23H30N2O3. The zero-order valence-corrected chi connectivity index (χ0v) is 17.0. The van der Waals surface area contributed by atoms with E-state index in [0.29, 0.717) is 13.1 Å². The Bertz CT molecular complexity index is 744. The molecule has 0 aromatic heterocycles. The summed E-state index contributed by atoms with van der Waals surface area (Å²) in [4.78, 5) is 27.3. The molecule has 0 spiro atoms. The summed E-state index contributed by atoms with van der Waals surface area (Å²) in [6.07, 6.45) is 2.20. The maximum atomic E-state index is 13.0. The van der Waals surface area contributed by atoms with Crippen molar-refractivity contribution in [3.63, 3.8) is 0 Å². The zero-order valence-electron chi connectivity index (χ0n) is 17.0. The van der Waals surface area contributed by atoms with E-state index < -0.39 is 6.04 Å². The fourth-order valence-corrected chi connectivity index (χ4v) is 2.92. The molecule has 28 heavy (non-hydrogen) atoms. The molecule has 2 amide bonds. The number of benzene rings is 2. The van der Waals surface area contributed by atoms with E-state index in [1.807, 2.05) is 54.6 Å². The van der Waals surface area contributed by atoms with Crippen LogP contribution in [0.1, 0.15) is 37.8 Å². The number of amides is 2. The Morgan fingerprint density at radius 2 is 1.71 bits per heavy atom. The number of carbonyl (C=O) groups excluding carboxylic acids is 2. The molecule has 0 bridgehead atoms. The molecule has 2 rings (SSSR count). The van der Waals surface area contributed by atoms with Gasteiger partial charge >= 0.3 is 0 Å². The van der Waals surface area contributed by atoms with Crippen molar-refractivity contribution < 1.29 is 14.3 Å². The first-order valence-electron chi connectivity index (χ1n) is 9.79.